The van der Waals surface area contributed by atoms with E-state index in [0.29, 0.717) is 13.1 Å². The first-order chi connectivity index (χ1) is 5.41. The standard InChI is InChI=1S/C8H16O3/c1-2-10-6-4-3-5-7-11-8-9/h8H,2-7H2,1H3. The topological polar surface area (TPSA) is 35.5 Å². The van der Waals surface area contributed by atoms with Crippen LogP contribution in [0.3, 0.4) is 0 Å². The van der Waals surface area contributed by atoms with Gasteiger partial charge in [-0.1, -0.05) is 0 Å². The lowest BCUT2D eigenvalue weighted by molar-refractivity contribution is -0.128. The predicted octanol–water partition coefficient (Wildman–Crippen LogP) is 1.37. The second-order valence-corrected chi connectivity index (χ2v) is 2.22. The van der Waals surface area contributed by atoms with Gasteiger partial charge in [0.1, 0.15) is 0 Å². The maximum atomic E-state index is 9.69. The van der Waals surface area contributed by atoms with E-state index in [4.69, 9.17) is 4.74 Å². The highest BCUT2D eigenvalue weighted by atomic mass is 16.5. The van der Waals surface area contributed by atoms with Gasteiger partial charge in [-0.2, -0.15) is 0 Å². The molecule has 0 bridgehead atoms. The van der Waals surface area contributed by atoms with Crippen molar-refractivity contribution in [3.05, 3.63) is 0 Å². The summed E-state index contributed by atoms with van der Waals surface area (Å²) < 4.78 is 9.65. The minimum atomic E-state index is 0.489. The van der Waals surface area contributed by atoms with Gasteiger partial charge in [-0.25, -0.2) is 0 Å². The number of hydrogen-bond donors (Lipinski definition) is 0. The van der Waals surface area contributed by atoms with Crippen LogP contribution in [0.4, 0.5) is 0 Å². The molecule has 66 valence electrons. The molecule has 0 aliphatic heterocycles. The molecule has 3 heteroatoms. The van der Waals surface area contributed by atoms with Crippen LogP contribution in [0.25, 0.3) is 0 Å². The van der Waals surface area contributed by atoms with Crippen molar-refractivity contribution in [2.45, 2.75) is 26.2 Å². The molecule has 0 aromatic carbocycles. The molecule has 0 atom stereocenters. The van der Waals surface area contributed by atoms with E-state index in [-0.39, 0.29) is 0 Å². The van der Waals surface area contributed by atoms with E-state index >= 15 is 0 Å². The predicted molar refractivity (Wildman–Crippen MR) is 42.4 cm³/mol. The van der Waals surface area contributed by atoms with Crippen molar-refractivity contribution in [1.29, 1.82) is 0 Å². The highest BCUT2D eigenvalue weighted by Crippen LogP contribution is 1.95. The van der Waals surface area contributed by atoms with Crippen LogP contribution < -0.4 is 0 Å². The monoisotopic (exact) mass is 160 g/mol. The van der Waals surface area contributed by atoms with Gasteiger partial charge in [-0.3, -0.25) is 4.79 Å². The zero-order valence-electron chi connectivity index (χ0n) is 7.04. The summed E-state index contributed by atoms with van der Waals surface area (Å²) in [5.41, 5.74) is 0. The lowest BCUT2D eigenvalue weighted by Crippen LogP contribution is -1.95. The van der Waals surface area contributed by atoms with Crippen LogP contribution in [-0.2, 0) is 14.3 Å². The third-order valence-corrected chi connectivity index (χ3v) is 1.32. The smallest absolute Gasteiger partial charge is 0.293 e. The Labute approximate surface area is 67.7 Å². The molecule has 0 spiro atoms. The Hall–Kier alpha value is -0.570. The maximum absolute atomic E-state index is 9.69. The first kappa shape index (κ1) is 10.4. The fourth-order valence-electron chi connectivity index (χ4n) is 0.759. The lowest BCUT2D eigenvalue weighted by atomic mass is 10.2. The largest absolute Gasteiger partial charge is 0.468 e. The summed E-state index contributed by atoms with van der Waals surface area (Å²) in [7, 11) is 0. The van der Waals surface area contributed by atoms with Gasteiger partial charge in [-0.15, -0.1) is 0 Å². The number of rotatable bonds is 8. The first-order valence-corrected chi connectivity index (χ1v) is 4.04. The van der Waals surface area contributed by atoms with E-state index in [1.54, 1.807) is 0 Å². The third-order valence-electron chi connectivity index (χ3n) is 1.32. The first-order valence-electron chi connectivity index (χ1n) is 4.04. The molecule has 0 fully saturated rings. The fraction of sp³-hybridized carbons (Fsp3) is 0.875. The van der Waals surface area contributed by atoms with Gasteiger partial charge in [0, 0.05) is 13.2 Å². The summed E-state index contributed by atoms with van der Waals surface area (Å²) in [6.45, 7) is 4.61. The van der Waals surface area contributed by atoms with Gasteiger partial charge in [-0.05, 0) is 26.2 Å². The average molecular weight is 160 g/mol. The highest BCUT2D eigenvalue weighted by molar-refractivity contribution is 5.36. The average Bonchev–Trinajstić information content (AvgIpc) is 2.03. The molecular weight excluding hydrogens is 144 g/mol. The molecule has 0 N–H and O–H groups in total. The quantitative estimate of drug-likeness (QED) is 0.397. The van der Waals surface area contributed by atoms with Crippen LogP contribution in [0.2, 0.25) is 0 Å². The van der Waals surface area contributed by atoms with E-state index in [1.807, 2.05) is 6.92 Å². The molecule has 11 heavy (non-hydrogen) atoms. The zero-order chi connectivity index (χ0) is 8.36. The lowest BCUT2D eigenvalue weighted by Gasteiger charge is -2.00. The summed E-state index contributed by atoms with van der Waals surface area (Å²) in [4.78, 5) is 9.69. The van der Waals surface area contributed by atoms with Gasteiger partial charge in [0.2, 0.25) is 0 Å². The van der Waals surface area contributed by atoms with Crippen LogP contribution in [0.5, 0.6) is 0 Å². The minimum absolute atomic E-state index is 0.489. The van der Waals surface area contributed by atoms with E-state index in [2.05, 4.69) is 4.74 Å². The molecule has 0 aromatic rings. The summed E-state index contributed by atoms with van der Waals surface area (Å²) in [5, 5.41) is 0. The highest BCUT2D eigenvalue weighted by Gasteiger charge is 1.88. The van der Waals surface area contributed by atoms with E-state index in [0.717, 1.165) is 32.5 Å². The van der Waals surface area contributed by atoms with Gasteiger partial charge < -0.3 is 9.47 Å². The van der Waals surface area contributed by atoms with Gasteiger partial charge >= 0.3 is 0 Å². The molecule has 0 aromatic heterocycles. The van der Waals surface area contributed by atoms with Crippen molar-refractivity contribution in [3.8, 4) is 0 Å². The Morgan fingerprint density at radius 1 is 1.18 bits per heavy atom. The van der Waals surface area contributed by atoms with Crippen molar-refractivity contribution in [2.24, 2.45) is 0 Å². The summed E-state index contributed by atoms with van der Waals surface area (Å²) >= 11 is 0. The molecular formula is C8H16O3. The Kier molecular flexibility index (Phi) is 8.94. The zero-order valence-corrected chi connectivity index (χ0v) is 7.04. The van der Waals surface area contributed by atoms with Gasteiger partial charge in [0.05, 0.1) is 6.61 Å². The number of unbranched alkanes of at least 4 members (excludes halogenated alkanes) is 2. The van der Waals surface area contributed by atoms with Crippen LogP contribution in [0.1, 0.15) is 26.2 Å². The Bertz CT molecular complexity index is 83.4. The molecule has 0 unspecified atom stereocenters. The summed E-state index contributed by atoms with van der Waals surface area (Å²) in [5.74, 6) is 0. The summed E-state index contributed by atoms with van der Waals surface area (Å²) in [6.07, 6.45) is 3.05. The molecule has 0 radical (unpaired) electrons. The molecule has 0 aliphatic carbocycles. The minimum Gasteiger partial charge on any atom is -0.468 e. The molecule has 3 nitrogen and oxygen atoms in total. The van der Waals surface area contributed by atoms with Crippen molar-refractivity contribution >= 4 is 6.47 Å². The van der Waals surface area contributed by atoms with Gasteiger partial charge in [0.25, 0.3) is 6.47 Å². The van der Waals surface area contributed by atoms with E-state index in [1.165, 1.54) is 0 Å². The fourth-order valence-corrected chi connectivity index (χ4v) is 0.759. The second-order valence-electron chi connectivity index (χ2n) is 2.22. The van der Waals surface area contributed by atoms with Crippen LogP contribution in [0, 0.1) is 0 Å². The van der Waals surface area contributed by atoms with Crippen LogP contribution in [0.15, 0.2) is 0 Å². The third kappa shape index (κ3) is 9.43. The molecule has 0 aliphatic rings. The number of hydrogen-bond acceptors (Lipinski definition) is 3. The molecule has 0 rings (SSSR count). The van der Waals surface area contributed by atoms with Crippen LogP contribution in [-0.4, -0.2) is 26.3 Å². The Balaban J connectivity index is 2.74. The molecule has 0 heterocycles. The molecule has 0 amide bonds. The van der Waals surface area contributed by atoms with E-state index in [9.17, 15) is 4.79 Å². The normalized spacial score (nSPS) is 9.55. The van der Waals surface area contributed by atoms with Crippen molar-refractivity contribution in [1.82, 2.24) is 0 Å². The number of ether oxygens (including phenoxy) is 2. The molecule has 0 saturated heterocycles. The number of carbonyl (C=O) groups is 1. The summed E-state index contributed by atoms with van der Waals surface area (Å²) in [6, 6.07) is 0. The Morgan fingerprint density at radius 2 is 1.91 bits per heavy atom. The maximum Gasteiger partial charge on any atom is 0.293 e. The second kappa shape index (κ2) is 9.43. The van der Waals surface area contributed by atoms with Gasteiger partial charge in [0.15, 0.2) is 0 Å². The SMILES string of the molecule is CCOCCCCCOC=O. The van der Waals surface area contributed by atoms with Crippen LogP contribution >= 0.6 is 0 Å². The van der Waals surface area contributed by atoms with Crippen molar-refractivity contribution in [2.75, 3.05) is 19.8 Å². The van der Waals surface area contributed by atoms with Crippen molar-refractivity contribution in [3.63, 3.8) is 0 Å². The van der Waals surface area contributed by atoms with E-state index < -0.39 is 0 Å². The molecule has 0 saturated carbocycles. The Morgan fingerprint density at radius 3 is 2.55 bits per heavy atom. The van der Waals surface area contributed by atoms with Crippen molar-refractivity contribution < 1.29 is 14.3 Å². The number of carbonyl (C=O) groups excluding carboxylic acids is 1.